The molecule has 21 heavy (non-hydrogen) atoms. The Morgan fingerprint density at radius 2 is 2.00 bits per heavy atom. The zero-order valence-electron chi connectivity index (χ0n) is 14.4. The second-order valence-corrected chi connectivity index (χ2v) is 7.55. The van der Waals surface area contributed by atoms with Gasteiger partial charge in [-0.1, -0.05) is 20.8 Å². The highest BCUT2D eigenvalue weighted by atomic mass is 16.6. The summed E-state index contributed by atoms with van der Waals surface area (Å²) >= 11 is 0. The molecule has 1 rings (SSSR count). The zero-order chi connectivity index (χ0) is 16.3. The van der Waals surface area contributed by atoms with Gasteiger partial charge in [-0.05, 0) is 33.6 Å². The first kappa shape index (κ1) is 18.2. The Bertz CT molecular complexity index is 350. The third kappa shape index (κ3) is 5.15. The smallest absolute Gasteiger partial charge is 0.410 e. The molecule has 124 valence electrons. The number of ether oxygens (including phenoxy) is 1. The van der Waals surface area contributed by atoms with E-state index in [1.165, 1.54) is 0 Å². The Labute approximate surface area is 129 Å². The molecule has 0 aromatic heterocycles. The minimum atomic E-state index is -0.462. The Kier molecular flexibility index (Phi) is 6.05. The van der Waals surface area contributed by atoms with Gasteiger partial charge in [0, 0.05) is 31.1 Å². The fourth-order valence-corrected chi connectivity index (χ4v) is 2.51. The molecule has 2 atom stereocenters. The van der Waals surface area contributed by atoms with Gasteiger partial charge in [-0.25, -0.2) is 4.79 Å². The lowest BCUT2D eigenvalue weighted by Gasteiger charge is -2.49. The lowest BCUT2D eigenvalue weighted by Crippen LogP contribution is -2.60. The number of rotatable bonds is 6. The highest BCUT2D eigenvalue weighted by Gasteiger charge is 2.46. The van der Waals surface area contributed by atoms with Crippen LogP contribution in [-0.4, -0.2) is 53.5 Å². The molecule has 0 saturated heterocycles. The van der Waals surface area contributed by atoms with Gasteiger partial charge in [-0.3, -0.25) is 0 Å². The lowest BCUT2D eigenvalue weighted by atomic mass is 9.64. The second-order valence-electron chi connectivity index (χ2n) is 7.55. The molecule has 0 aromatic carbocycles. The summed E-state index contributed by atoms with van der Waals surface area (Å²) in [6.45, 7) is 13.9. The van der Waals surface area contributed by atoms with Crippen LogP contribution < -0.4 is 5.32 Å². The molecule has 2 N–H and O–H groups in total. The van der Waals surface area contributed by atoms with Crippen molar-refractivity contribution in [2.24, 2.45) is 5.41 Å². The van der Waals surface area contributed by atoms with E-state index in [9.17, 15) is 9.90 Å². The maximum atomic E-state index is 12.1. The van der Waals surface area contributed by atoms with Crippen LogP contribution in [-0.2, 0) is 4.74 Å². The van der Waals surface area contributed by atoms with Crippen molar-refractivity contribution in [3.05, 3.63) is 0 Å². The minimum Gasteiger partial charge on any atom is -0.444 e. The summed E-state index contributed by atoms with van der Waals surface area (Å²) in [5, 5.41) is 13.2. The number of aliphatic hydroxyl groups excluding tert-OH is 1. The predicted molar refractivity (Wildman–Crippen MR) is 84.3 cm³/mol. The Hall–Kier alpha value is -0.810. The Morgan fingerprint density at radius 3 is 2.43 bits per heavy atom. The van der Waals surface area contributed by atoms with Gasteiger partial charge >= 0.3 is 6.09 Å². The summed E-state index contributed by atoms with van der Waals surface area (Å²) in [7, 11) is 0. The van der Waals surface area contributed by atoms with Gasteiger partial charge in [0.05, 0.1) is 6.10 Å². The van der Waals surface area contributed by atoms with Gasteiger partial charge in [0.25, 0.3) is 0 Å². The first-order chi connectivity index (χ1) is 9.58. The molecule has 2 unspecified atom stereocenters. The molecular weight excluding hydrogens is 268 g/mol. The molecule has 0 bridgehead atoms. The standard InChI is InChI=1S/C16H32N2O3/c1-7-9-18(14(20)21-15(2,3)4)10-8-17-12-11-13(19)16(12,5)6/h12-13,17,19H,7-11H2,1-6H3. The molecule has 1 aliphatic rings. The van der Waals surface area contributed by atoms with Gasteiger partial charge in [0.1, 0.15) is 5.60 Å². The SMILES string of the molecule is CCCN(CCNC1CC(O)C1(C)C)C(=O)OC(C)(C)C. The van der Waals surface area contributed by atoms with E-state index in [2.05, 4.69) is 26.1 Å². The Balaban J connectivity index is 2.40. The van der Waals surface area contributed by atoms with Gasteiger partial charge in [-0.15, -0.1) is 0 Å². The van der Waals surface area contributed by atoms with E-state index >= 15 is 0 Å². The molecule has 1 saturated carbocycles. The maximum Gasteiger partial charge on any atom is 0.410 e. The molecule has 0 spiro atoms. The van der Waals surface area contributed by atoms with Gasteiger partial charge in [-0.2, -0.15) is 0 Å². The van der Waals surface area contributed by atoms with Crippen LogP contribution in [0.3, 0.4) is 0 Å². The van der Waals surface area contributed by atoms with Crippen LogP contribution in [0.4, 0.5) is 4.79 Å². The monoisotopic (exact) mass is 300 g/mol. The third-order valence-corrected chi connectivity index (χ3v) is 4.13. The summed E-state index contributed by atoms with van der Waals surface area (Å²) in [5.74, 6) is 0. The second kappa shape index (κ2) is 6.97. The summed E-state index contributed by atoms with van der Waals surface area (Å²) in [5.41, 5.74) is -0.544. The van der Waals surface area contributed by atoms with E-state index < -0.39 is 5.60 Å². The quantitative estimate of drug-likeness (QED) is 0.790. The number of nitrogens with one attached hydrogen (secondary N) is 1. The van der Waals surface area contributed by atoms with Crippen LogP contribution in [0.1, 0.15) is 54.4 Å². The van der Waals surface area contributed by atoms with Crippen LogP contribution in [0.15, 0.2) is 0 Å². The van der Waals surface area contributed by atoms with Crippen LogP contribution in [0.5, 0.6) is 0 Å². The van der Waals surface area contributed by atoms with Crippen LogP contribution in [0.2, 0.25) is 0 Å². The van der Waals surface area contributed by atoms with E-state index in [1.807, 2.05) is 20.8 Å². The molecule has 0 heterocycles. The number of carbonyl (C=O) groups excluding carboxylic acids is 1. The van der Waals surface area contributed by atoms with Crippen molar-refractivity contribution in [3.63, 3.8) is 0 Å². The number of hydrogen-bond acceptors (Lipinski definition) is 4. The van der Waals surface area contributed by atoms with Gasteiger partial charge in [0.15, 0.2) is 0 Å². The maximum absolute atomic E-state index is 12.1. The highest BCUT2D eigenvalue weighted by molar-refractivity contribution is 5.68. The molecule has 1 aliphatic carbocycles. The number of aliphatic hydroxyl groups is 1. The molecule has 5 nitrogen and oxygen atoms in total. The largest absolute Gasteiger partial charge is 0.444 e. The van der Waals surface area contributed by atoms with Crippen molar-refractivity contribution >= 4 is 6.09 Å². The molecule has 1 fully saturated rings. The number of nitrogens with zero attached hydrogens (tertiary/aromatic N) is 1. The molecule has 1 amide bonds. The molecular formula is C16H32N2O3. The van der Waals surface area contributed by atoms with Crippen molar-refractivity contribution in [1.29, 1.82) is 0 Å². The van der Waals surface area contributed by atoms with E-state index in [1.54, 1.807) is 4.90 Å². The zero-order valence-corrected chi connectivity index (χ0v) is 14.4. The van der Waals surface area contributed by atoms with Crippen molar-refractivity contribution in [2.45, 2.75) is 72.1 Å². The number of hydrogen-bond donors (Lipinski definition) is 2. The summed E-state index contributed by atoms with van der Waals surface area (Å²) < 4.78 is 5.43. The topological polar surface area (TPSA) is 61.8 Å². The van der Waals surface area contributed by atoms with Crippen LogP contribution in [0.25, 0.3) is 0 Å². The third-order valence-electron chi connectivity index (χ3n) is 4.13. The summed E-state index contributed by atoms with van der Waals surface area (Å²) in [4.78, 5) is 13.9. The lowest BCUT2D eigenvalue weighted by molar-refractivity contribution is -0.0727. The molecule has 0 aromatic rings. The van der Waals surface area contributed by atoms with Gasteiger partial charge in [0.2, 0.25) is 0 Å². The normalized spacial score (nSPS) is 24.3. The van der Waals surface area contributed by atoms with Crippen molar-refractivity contribution < 1.29 is 14.6 Å². The molecule has 0 aliphatic heterocycles. The minimum absolute atomic E-state index is 0.0818. The first-order valence-corrected chi connectivity index (χ1v) is 7.97. The van der Waals surface area contributed by atoms with Crippen LogP contribution >= 0.6 is 0 Å². The fraction of sp³-hybridized carbons (Fsp3) is 0.938. The van der Waals surface area contributed by atoms with E-state index in [0.29, 0.717) is 19.1 Å². The number of amides is 1. The van der Waals surface area contributed by atoms with Crippen molar-refractivity contribution in [3.8, 4) is 0 Å². The number of carbonyl (C=O) groups is 1. The first-order valence-electron chi connectivity index (χ1n) is 7.97. The van der Waals surface area contributed by atoms with Crippen molar-refractivity contribution in [1.82, 2.24) is 10.2 Å². The van der Waals surface area contributed by atoms with E-state index in [-0.39, 0.29) is 17.6 Å². The average molecular weight is 300 g/mol. The van der Waals surface area contributed by atoms with Crippen LogP contribution in [0, 0.1) is 5.41 Å². The summed E-state index contributed by atoms with van der Waals surface area (Å²) in [6.07, 6.45) is 1.21. The highest BCUT2D eigenvalue weighted by Crippen LogP contribution is 2.40. The van der Waals surface area contributed by atoms with E-state index in [4.69, 9.17) is 4.74 Å². The fourth-order valence-electron chi connectivity index (χ4n) is 2.51. The average Bonchev–Trinajstić information content (AvgIpc) is 2.34. The van der Waals surface area contributed by atoms with Crippen molar-refractivity contribution in [2.75, 3.05) is 19.6 Å². The summed E-state index contributed by atoms with van der Waals surface area (Å²) in [6, 6.07) is 0.314. The molecule has 0 radical (unpaired) electrons. The van der Waals surface area contributed by atoms with Gasteiger partial charge < -0.3 is 20.1 Å². The predicted octanol–water partition coefficient (Wildman–Crippen LogP) is 2.38. The molecule has 5 heteroatoms. The Morgan fingerprint density at radius 1 is 1.38 bits per heavy atom. The van der Waals surface area contributed by atoms with E-state index in [0.717, 1.165) is 19.4 Å².